The van der Waals surface area contributed by atoms with Crippen LogP contribution in [0, 0.1) is 6.92 Å². The van der Waals surface area contributed by atoms with Gasteiger partial charge in [-0.25, -0.2) is 8.42 Å². The molecule has 80 valence electrons. The molecule has 0 bridgehead atoms. The summed E-state index contributed by atoms with van der Waals surface area (Å²) in [5.74, 6) is 0.615. The van der Waals surface area contributed by atoms with Gasteiger partial charge in [-0.1, -0.05) is 0 Å². The largest absolute Gasteiger partial charge is 0.469 e. The highest BCUT2D eigenvalue weighted by Crippen LogP contribution is 2.21. The smallest absolute Gasteiger partial charge is 0.147 e. The van der Waals surface area contributed by atoms with Crippen molar-refractivity contribution in [2.75, 3.05) is 12.0 Å². The molecule has 1 rings (SSSR count). The first-order chi connectivity index (χ1) is 6.40. The van der Waals surface area contributed by atoms with Crippen molar-refractivity contribution in [3.05, 3.63) is 23.7 Å². The Morgan fingerprint density at radius 3 is 2.64 bits per heavy atom. The number of aliphatic hydroxyl groups is 1. The molecule has 0 spiro atoms. The molecule has 1 N–H and O–H groups in total. The first-order valence-electron chi connectivity index (χ1n) is 4.30. The van der Waals surface area contributed by atoms with Crippen LogP contribution in [0.2, 0.25) is 0 Å². The zero-order chi connectivity index (χ0) is 10.8. The Bertz CT molecular complexity index is 391. The van der Waals surface area contributed by atoms with Gasteiger partial charge in [-0.2, -0.15) is 0 Å². The molecule has 14 heavy (non-hydrogen) atoms. The van der Waals surface area contributed by atoms with E-state index in [-0.39, 0.29) is 12.2 Å². The summed E-state index contributed by atoms with van der Waals surface area (Å²) in [4.78, 5) is 0. The summed E-state index contributed by atoms with van der Waals surface area (Å²) in [5.41, 5.74) is 0.661. The van der Waals surface area contributed by atoms with E-state index in [1.54, 1.807) is 13.0 Å². The van der Waals surface area contributed by atoms with E-state index in [1.165, 1.54) is 6.26 Å². The van der Waals surface area contributed by atoms with Gasteiger partial charge in [-0.3, -0.25) is 0 Å². The Morgan fingerprint density at radius 2 is 2.21 bits per heavy atom. The van der Waals surface area contributed by atoms with Gasteiger partial charge in [0.15, 0.2) is 0 Å². The number of aliphatic hydroxyl groups excluding tert-OH is 1. The Labute approximate surface area is 83.5 Å². The van der Waals surface area contributed by atoms with Crippen LogP contribution in [0.15, 0.2) is 16.7 Å². The summed E-state index contributed by atoms with van der Waals surface area (Å²) in [5, 5.41) is 9.63. The van der Waals surface area contributed by atoms with E-state index in [1.807, 2.05) is 0 Å². The van der Waals surface area contributed by atoms with Crippen LogP contribution in [0.4, 0.5) is 0 Å². The summed E-state index contributed by atoms with van der Waals surface area (Å²) in [6.07, 6.45) is 2.08. The van der Waals surface area contributed by atoms with E-state index in [0.717, 1.165) is 6.26 Å². The van der Waals surface area contributed by atoms with E-state index < -0.39 is 15.9 Å². The van der Waals surface area contributed by atoms with Crippen LogP contribution in [0.25, 0.3) is 0 Å². The van der Waals surface area contributed by atoms with E-state index in [4.69, 9.17) is 4.42 Å². The van der Waals surface area contributed by atoms with Crippen LogP contribution in [0.1, 0.15) is 23.8 Å². The fourth-order valence-electron chi connectivity index (χ4n) is 1.22. The quantitative estimate of drug-likeness (QED) is 0.820. The third-order valence-corrected chi connectivity index (χ3v) is 3.00. The molecular weight excluding hydrogens is 204 g/mol. The van der Waals surface area contributed by atoms with Crippen LogP contribution in [0.5, 0.6) is 0 Å². The topological polar surface area (TPSA) is 67.5 Å². The number of aryl methyl sites for hydroxylation is 1. The minimum atomic E-state index is -3.01. The zero-order valence-electron chi connectivity index (χ0n) is 8.23. The number of furan rings is 1. The summed E-state index contributed by atoms with van der Waals surface area (Å²) >= 11 is 0. The Morgan fingerprint density at radius 1 is 1.57 bits per heavy atom. The third-order valence-electron chi connectivity index (χ3n) is 2.02. The maximum atomic E-state index is 10.9. The Balaban J connectivity index is 2.60. The van der Waals surface area contributed by atoms with E-state index in [2.05, 4.69) is 0 Å². The summed E-state index contributed by atoms with van der Waals surface area (Å²) in [7, 11) is -3.01. The number of hydrogen-bond acceptors (Lipinski definition) is 4. The first kappa shape index (κ1) is 11.3. The van der Waals surface area contributed by atoms with Crippen molar-refractivity contribution in [2.24, 2.45) is 0 Å². The molecule has 1 unspecified atom stereocenters. The molecule has 0 aliphatic carbocycles. The molecule has 4 nitrogen and oxygen atoms in total. The normalized spacial score (nSPS) is 14.2. The van der Waals surface area contributed by atoms with Gasteiger partial charge in [0.2, 0.25) is 0 Å². The van der Waals surface area contributed by atoms with E-state index >= 15 is 0 Å². The van der Waals surface area contributed by atoms with Gasteiger partial charge in [0.05, 0.1) is 18.1 Å². The number of sulfone groups is 1. The van der Waals surface area contributed by atoms with E-state index in [0.29, 0.717) is 11.3 Å². The fourth-order valence-corrected chi connectivity index (χ4v) is 1.87. The van der Waals surface area contributed by atoms with Crippen LogP contribution >= 0.6 is 0 Å². The second-order valence-corrected chi connectivity index (χ2v) is 5.63. The predicted molar refractivity (Wildman–Crippen MR) is 52.7 cm³/mol. The first-order valence-corrected chi connectivity index (χ1v) is 6.36. The molecule has 0 saturated heterocycles. The summed E-state index contributed by atoms with van der Waals surface area (Å²) < 4.78 is 26.7. The lowest BCUT2D eigenvalue weighted by molar-refractivity contribution is 0.172. The molecule has 0 aliphatic heterocycles. The maximum Gasteiger partial charge on any atom is 0.147 e. The standard InChI is InChI=1S/C9H14O4S/c1-7-8(3-5-13-7)9(10)4-6-14(2,11)12/h3,5,9-10H,4,6H2,1-2H3. The lowest BCUT2D eigenvalue weighted by Gasteiger charge is -2.08. The second kappa shape index (κ2) is 4.14. The molecule has 0 saturated carbocycles. The highest BCUT2D eigenvalue weighted by Gasteiger charge is 2.14. The van der Waals surface area contributed by atoms with Crippen LogP contribution in [-0.2, 0) is 9.84 Å². The lowest BCUT2D eigenvalue weighted by atomic mass is 10.1. The van der Waals surface area contributed by atoms with Gasteiger partial charge in [-0.15, -0.1) is 0 Å². The van der Waals surface area contributed by atoms with Gasteiger partial charge in [0.25, 0.3) is 0 Å². The molecule has 1 aromatic heterocycles. The molecule has 5 heteroatoms. The van der Waals surface area contributed by atoms with Crippen molar-refractivity contribution < 1.29 is 17.9 Å². The van der Waals surface area contributed by atoms with Crippen molar-refractivity contribution in [3.8, 4) is 0 Å². The molecule has 1 heterocycles. The average Bonchev–Trinajstić information content (AvgIpc) is 2.46. The van der Waals surface area contributed by atoms with E-state index in [9.17, 15) is 13.5 Å². The van der Waals surface area contributed by atoms with Gasteiger partial charge < -0.3 is 9.52 Å². The number of hydrogen-bond donors (Lipinski definition) is 1. The monoisotopic (exact) mass is 218 g/mol. The lowest BCUT2D eigenvalue weighted by Crippen LogP contribution is -2.08. The molecule has 0 aliphatic rings. The maximum absolute atomic E-state index is 10.9. The highest BCUT2D eigenvalue weighted by atomic mass is 32.2. The van der Waals surface area contributed by atoms with Crippen molar-refractivity contribution in [3.63, 3.8) is 0 Å². The molecule has 0 aromatic carbocycles. The van der Waals surface area contributed by atoms with Crippen molar-refractivity contribution in [1.82, 2.24) is 0 Å². The van der Waals surface area contributed by atoms with Gasteiger partial charge in [-0.05, 0) is 19.4 Å². The molecule has 0 amide bonds. The fraction of sp³-hybridized carbons (Fsp3) is 0.556. The SMILES string of the molecule is Cc1occc1C(O)CCS(C)(=O)=O. The molecular formula is C9H14O4S. The average molecular weight is 218 g/mol. The number of rotatable bonds is 4. The highest BCUT2D eigenvalue weighted by molar-refractivity contribution is 7.90. The minimum absolute atomic E-state index is 0.0151. The van der Waals surface area contributed by atoms with Gasteiger partial charge >= 0.3 is 0 Å². The molecule has 1 aromatic rings. The van der Waals surface area contributed by atoms with Crippen molar-refractivity contribution in [1.29, 1.82) is 0 Å². The summed E-state index contributed by atoms with van der Waals surface area (Å²) in [6.45, 7) is 1.74. The van der Waals surface area contributed by atoms with Gasteiger partial charge in [0.1, 0.15) is 15.6 Å². The Hall–Kier alpha value is -0.810. The van der Waals surface area contributed by atoms with Crippen molar-refractivity contribution in [2.45, 2.75) is 19.4 Å². The second-order valence-electron chi connectivity index (χ2n) is 3.37. The van der Waals surface area contributed by atoms with Crippen LogP contribution < -0.4 is 0 Å². The zero-order valence-corrected chi connectivity index (χ0v) is 9.04. The van der Waals surface area contributed by atoms with Crippen LogP contribution in [0.3, 0.4) is 0 Å². The summed E-state index contributed by atoms with van der Waals surface area (Å²) in [6, 6.07) is 1.66. The molecule has 1 atom stereocenters. The molecule has 0 radical (unpaired) electrons. The van der Waals surface area contributed by atoms with Crippen molar-refractivity contribution >= 4 is 9.84 Å². The minimum Gasteiger partial charge on any atom is -0.469 e. The Kier molecular flexibility index (Phi) is 3.34. The van der Waals surface area contributed by atoms with Gasteiger partial charge in [0, 0.05) is 11.8 Å². The molecule has 0 fully saturated rings. The van der Waals surface area contributed by atoms with Crippen LogP contribution in [-0.4, -0.2) is 25.5 Å². The third kappa shape index (κ3) is 3.16. The predicted octanol–water partition coefficient (Wildman–Crippen LogP) is 1.06.